The zero-order valence-electron chi connectivity index (χ0n) is 17.7. The van der Waals surface area contributed by atoms with Crippen molar-refractivity contribution in [1.82, 2.24) is 16.0 Å². The molecule has 2 amide bonds. The van der Waals surface area contributed by atoms with E-state index in [1.54, 1.807) is 6.08 Å². The van der Waals surface area contributed by atoms with Crippen molar-refractivity contribution in [1.29, 1.82) is 0 Å². The Labute approximate surface area is 184 Å². The molecule has 0 aromatic heterocycles. The molecule has 1 aliphatic heterocycles. The topological polar surface area (TPSA) is 53.2 Å². The molecule has 4 nitrogen and oxygen atoms in total. The fourth-order valence-corrected chi connectivity index (χ4v) is 3.88. The molecule has 0 saturated heterocycles. The van der Waals surface area contributed by atoms with Gasteiger partial charge in [-0.15, -0.1) is 0 Å². The Morgan fingerprint density at radius 1 is 1.23 bits per heavy atom. The Balaban J connectivity index is 1.65. The van der Waals surface area contributed by atoms with Crippen LogP contribution in [0.2, 0.25) is 0 Å². The maximum absolute atomic E-state index is 14.5. The first-order valence-corrected chi connectivity index (χ1v) is 10.9. The van der Waals surface area contributed by atoms with Gasteiger partial charge in [0.1, 0.15) is 11.3 Å². The number of rotatable bonds is 6. The summed E-state index contributed by atoms with van der Waals surface area (Å²) in [5.74, 6) is -0.426. The third-order valence-electron chi connectivity index (χ3n) is 6.00. The second kappa shape index (κ2) is 8.88. The van der Waals surface area contributed by atoms with Crippen LogP contribution in [0.5, 0.6) is 0 Å². The third kappa shape index (κ3) is 5.84. The Morgan fingerprint density at radius 2 is 1.90 bits per heavy atom. The molecular weight excluding hydrogens is 434 g/mol. The molecule has 3 aliphatic rings. The first-order chi connectivity index (χ1) is 14.4. The van der Waals surface area contributed by atoms with E-state index < -0.39 is 23.4 Å². The summed E-state index contributed by atoms with van der Waals surface area (Å²) in [6.07, 6.45) is 4.56. The average Bonchev–Trinajstić information content (AvgIpc) is 3.47. The van der Waals surface area contributed by atoms with Gasteiger partial charge in [0, 0.05) is 18.2 Å². The van der Waals surface area contributed by atoms with E-state index in [-0.39, 0.29) is 36.0 Å². The second-order valence-electron chi connectivity index (χ2n) is 9.08. The van der Waals surface area contributed by atoms with Crippen molar-refractivity contribution in [3.63, 3.8) is 0 Å². The number of hydrogen-bond donors (Lipinski definition) is 3. The lowest BCUT2D eigenvalue weighted by Crippen LogP contribution is -2.40. The van der Waals surface area contributed by atoms with E-state index >= 15 is 0 Å². The standard InChI is InChI=1S/C22H28ClF4N3O/c1-12-8-16(24)18(30-20(31)28-7-6-21(2,3)22(25,26)27)11-15(12)14-9-17(13-4-5-13)29-19(23)10-14/h8-13,15,19,29H,4-7H2,1-3H3,(H2,28,30,31). The summed E-state index contributed by atoms with van der Waals surface area (Å²) in [7, 11) is 0. The predicted molar refractivity (Wildman–Crippen MR) is 113 cm³/mol. The van der Waals surface area contributed by atoms with E-state index in [2.05, 4.69) is 16.0 Å². The highest BCUT2D eigenvalue weighted by atomic mass is 35.5. The molecule has 2 aliphatic carbocycles. The summed E-state index contributed by atoms with van der Waals surface area (Å²) < 4.78 is 53.3. The van der Waals surface area contributed by atoms with Gasteiger partial charge >= 0.3 is 12.2 Å². The maximum atomic E-state index is 14.5. The molecule has 0 bridgehead atoms. The van der Waals surface area contributed by atoms with Crippen molar-refractivity contribution < 1.29 is 22.4 Å². The molecule has 0 spiro atoms. The van der Waals surface area contributed by atoms with Crippen LogP contribution < -0.4 is 16.0 Å². The molecule has 1 heterocycles. The Bertz CT molecular complexity index is 840. The summed E-state index contributed by atoms with van der Waals surface area (Å²) in [5, 5.41) is 8.05. The van der Waals surface area contributed by atoms with Crippen LogP contribution in [0.15, 0.2) is 47.1 Å². The third-order valence-corrected chi connectivity index (χ3v) is 6.23. The van der Waals surface area contributed by atoms with E-state index in [0.717, 1.165) is 38.0 Å². The lowest BCUT2D eigenvalue weighted by Gasteiger charge is -2.30. The van der Waals surface area contributed by atoms with Gasteiger partial charge < -0.3 is 16.0 Å². The van der Waals surface area contributed by atoms with E-state index in [9.17, 15) is 22.4 Å². The smallest absolute Gasteiger partial charge is 0.369 e. The van der Waals surface area contributed by atoms with Gasteiger partial charge in [-0.1, -0.05) is 32.4 Å². The number of allylic oxidation sites excluding steroid dienone is 6. The minimum absolute atomic E-state index is 0.00242. The highest BCUT2D eigenvalue weighted by Crippen LogP contribution is 2.41. The summed E-state index contributed by atoms with van der Waals surface area (Å²) in [6.45, 7) is 3.85. The summed E-state index contributed by atoms with van der Waals surface area (Å²) in [5.41, 5.74) is -0.260. The van der Waals surface area contributed by atoms with E-state index in [4.69, 9.17) is 11.6 Å². The zero-order valence-corrected chi connectivity index (χ0v) is 18.5. The lowest BCUT2D eigenvalue weighted by atomic mass is 9.81. The van der Waals surface area contributed by atoms with Crippen molar-refractivity contribution in [3.8, 4) is 0 Å². The van der Waals surface area contributed by atoms with Gasteiger partial charge in [0.05, 0.1) is 11.1 Å². The molecule has 1 fully saturated rings. The van der Waals surface area contributed by atoms with Gasteiger partial charge in [-0.25, -0.2) is 9.18 Å². The largest absolute Gasteiger partial charge is 0.394 e. The molecule has 3 atom stereocenters. The van der Waals surface area contributed by atoms with Gasteiger partial charge in [-0.05, 0) is 61.0 Å². The fourth-order valence-electron chi connectivity index (χ4n) is 3.61. The Morgan fingerprint density at radius 3 is 2.52 bits per heavy atom. The number of urea groups is 1. The van der Waals surface area contributed by atoms with Crippen LogP contribution in [-0.2, 0) is 0 Å². The number of carbonyl (C=O) groups is 1. The number of alkyl halides is 4. The quantitative estimate of drug-likeness (QED) is 0.272. The minimum Gasteiger partial charge on any atom is -0.369 e. The van der Waals surface area contributed by atoms with Crippen LogP contribution in [0.1, 0.15) is 40.0 Å². The van der Waals surface area contributed by atoms with Crippen LogP contribution in [0.4, 0.5) is 22.4 Å². The molecule has 3 rings (SSSR count). The van der Waals surface area contributed by atoms with Crippen molar-refractivity contribution in [2.45, 2.75) is 51.7 Å². The van der Waals surface area contributed by atoms with Gasteiger partial charge in [0.25, 0.3) is 0 Å². The van der Waals surface area contributed by atoms with Crippen molar-refractivity contribution in [2.75, 3.05) is 6.54 Å². The summed E-state index contributed by atoms with van der Waals surface area (Å²) >= 11 is 6.32. The lowest BCUT2D eigenvalue weighted by molar-refractivity contribution is -0.213. The number of carbonyl (C=O) groups excluding carboxylic acids is 1. The molecule has 1 saturated carbocycles. The number of nitrogens with one attached hydrogen (secondary N) is 3. The number of dihydropyridines is 1. The maximum Gasteiger partial charge on any atom is 0.394 e. The van der Waals surface area contributed by atoms with Crippen molar-refractivity contribution in [3.05, 3.63) is 47.1 Å². The van der Waals surface area contributed by atoms with Crippen LogP contribution in [-0.4, -0.2) is 24.3 Å². The highest BCUT2D eigenvalue weighted by molar-refractivity contribution is 6.21. The molecule has 172 valence electrons. The second-order valence-corrected chi connectivity index (χ2v) is 9.55. The average molecular weight is 462 g/mol. The minimum atomic E-state index is -4.37. The SMILES string of the molecule is CC1C=C(F)C(NC(=O)NCCC(C)(C)C(F)(F)F)=CC1C1=CC(Cl)NC(C2CC2)=C1. The number of halogens is 5. The van der Waals surface area contributed by atoms with Gasteiger partial charge in [0.15, 0.2) is 0 Å². The fraction of sp³-hybridized carbons (Fsp3) is 0.591. The summed E-state index contributed by atoms with van der Waals surface area (Å²) in [6, 6.07) is -0.746. The van der Waals surface area contributed by atoms with Gasteiger partial charge in [0.2, 0.25) is 0 Å². The van der Waals surface area contributed by atoms with Crippen LogP contribution in [0, 0.1) is 23.2 Å². The van der Waals surface area contributed by atoms with Crippen LogP contribution >= 0.6 is 11.6 Å². The predicted octanol–water partition coefficient (Wildman–Crippen LogP) is 5.66. The first kappa shape index (κ1) is 23.7. The van der Waals surface area contributed by atoms with Crippen LogP contribution in [0.3, 0.4) is 0 Å². The molecule has 0 radical (unpaired) electrons. The van der Waals surface area contributed by atoms with Crippen molar-refractivity contribution >= 4 is 17.6 Å². The summed E-state index contributed by atoms with van der Waals surface area (Å²) in [4.78, 5) is 12.2. The normalized spacial score (nSPS) is 26.8. The first-order valence-electron chi connectivity index (χ1n) is 10.4. The van der Waals surface area contributed by atoms with Gasteiger partial charge in [-0.3, -0.25) is 0 Å². The molecule has 0 aromatic carbocycles. The molecule has 9 heteroatoms. The Hall–Kier alpha value is -1.96. The molecule has 3 unspecified atom stereocenters. The van der Waals surface area contributed by atoms with E-state index in [1.165, 1.54) is 6.08 Å². The van der Waals surface area contributed by atoms with E-state index in [0.29, 0.717) is 5.92 Å². The molecule has 31 heavy (non-hydrogen) atoms. The van der Waals surface area contributed by atoms with E-state index in [1.807, 2.05) is 19.1 Å². The highest BCUT2D eigenvalue weighted by Gasteiger charge is 2.46. The molecular formula is C22H28ClF4N3O. The molecule has 0 aromatic rings. The van der Waals surface area contributed by atoms with Crippen molar-refractivity contribution in [2.24, 2.45) is 23.2 Å². The zero-order chi connectivity index (χ0) is 23.0. The number of amides is 2. The Kier molecular flexibility index (Phi) is 6.79. The van der Waals surface area contributed by atoms with Gasteiger partial charge in [-0.2, -0.15) is 13.2 Å². The monoisotopic (exact) mass is 461 g/mol. The van der Waals surface area contributed by atoms with Crippen LogP contribution in [0.25, 0.3) is 0 Å². The molecule has 3 N–H and O–H groups in total. The number of hydrogen-bond acceptors (Lipinski definition) is 2.